The minimum Gasteiger partial charge on any atom is -0.619 e. The Balaban J connectivity index is 1.87. The Morgan fingerprint density at radius 1 is 1.12 bits per heavy atom. The first kappa shape index (κ1) is 18.1. The Labute approximate surface area is 144 Å². The first-order valence-electron chi connectivity index (χ1n) is 7.65. The van der Waals surface area contributed by atoms with Gasteiger partial charge in [0.1, 0.15) is 0 Å². The highest BCUT2D eigenvalue weighted by Crippen LogP contribution is 2.04. The van der Waals surface area contributed by atoms with Crippen molar-refractivity contribution < 1.29 is 23.9 Å². The van der Waals surface area contributed by atoms with E-state index >= 15 is 0 Å². The second-order valence-corrected chi connectivity index (χ2v) is 5.44. The molecule has 0 bridgehead atoms. The molecule has 7 heteroatoms. The van der Waals surface area contributed by atoms with E-state index in [9.17, 15) is 19.6 Å². The van der Waals surface area contributed by atoms with Crippen LogP contribution < -0.4 is 10.0 Å². The molecule has 25 heavy (non-hydrogen) atoms. The molecule has 2 aromatic rings. The molecule has 1 aromatic carbocycles. The second-order valence-electron chi connectivity index (χ2n) is 5.44. The summed E-state index contributed by atoms with van der Waals surface area (Å²) in [5, 5.41) is 13.5. The normalized spacial score (nSPS) is 11.4. The number of rotatable bonds is 7. The van der Waals surface area contributed by atoms with Crippen molar-refractivity contribution in [1.82, 2.24) is 5.32 Å². The molecule has 1 aromatic heterocycles. The van der Waals surface area contributed by atoms with Crippen LogP contribution in [0.2, 0.25) is 0 Å². The van der Waals surface area contributed by atoms with Crippen LogP contribution in [0.4, 0.5) is 0 Å². The lowest BCUT2D eigenvalue weighted by Gasteiger charge is -2.16. The molecular formula is C18H18N2O5. The first-order valence-corrected chi connectivity index (χ1v) is 7.65. The number of Topliss-reactive ketones (excluding diaryl/α,β-unsaturated/α-hetero) is 1. The molecule has 0 saturated carbocycles. The maximum Gasteiger partial charge on any atom is 0.339 e. The molecule has 0 unspecified atom stereocenters. The van der Waals surface area contributed by atoms with E-state index in [-0.39, 0.29) is 11.3 Å². The highest BCUT2D eigenvalue weighted by atomic mass is 16.5. The minimum absolute atomic E-state index is 0.160. The van der Waals surface area contributed by atoms with Gasteiger partial charge >= 0.3 is 5.97 Å². The van der Waals surface area contributed by atoms with Gasteiger partial charge in [0, 0.05) is 12.1 Å². The summed E-state index contributed by atoms with van der Waals surface area (Å²) in [6.07, 6.45) is 2.67. The van der Waals surface area contributed by atoms with Crippen molar-refractivity contribution in [3.8, 4) is 0 Å². The standard InChI is InChI=1S/C18H18N2O5/c1-13(21)16(11-14-5-3-2-4-6-14)19-17(22)12-25-18(23)15-7-9-20(24)10-8-15/h2-10,16H,11-12H2,1H3,(H,19,22)/t16-/m0/s1. The smallest absolute Gasteiger partial charge is 0.339 e. The van der Waals surface area contributed by atoms with Crippen molar-refractivity contribution in [3.05, 3.63) is 71.2 Å². The molecule has 1 amide bonds. The lowest BCUT2D eigenvalue weighted by atomic mass is 10.0. The fourth-order valence-electron chi connectivity index (χ4n) is 2.15. The van der Waals surface area contributed by atoms with Gasteiger partial charge in [0.25, 0.3) is 5.91 Å². The maximum atomic E-state index is 11.9. The highest BCUT2D eigenvalue weighted by Gasteiger charge is 2.19. The number of nitrogens with one attached hydrogen (secondary N) is 1. The van der Waals surface area contributed by atoms with Crippen LogP contribution in [-0.2, 0) is 20.7 Å². The maximum absolute atomic E-state index is 11.9. The Morgan fingerprint density at radius 2 is 1.76 bits per heavy atom. The van der Waals surface area contributed by atoms with Crippen LogP contribution in [0.3, 0.4) is 0 Å². The van der Waals surface area contributed by atoms with Crippen LogP contribution in [0, 0.1) is 5.21 Å². The van der Waals surface area contributed by atoms with Gasteiger partial charge < -0.3 is 15.3 Å². The minimum atomic E-state index is -0.724. The summed E-state index contributed by atoms with van der Waals surface area (Å²) >= 11 is 0. The predicted octanol–water partition coefficient (Wildman–Crippen LogP) is 0.793. The molecule has 2 rings (SSSR count). The van der Waals surface area contributed by atoms with Crippen molar-refractivity contribution in [2.75, 3.05) is 6.61 Å². The number of aromatic nitrogens is 1. The largest absolute Gasteiger partial charge is 0.619 e. The van der Waals surface area contributed by atoms with Gasteiger partial charge in [-0.2, -0.15) is 4.73 Å². The van der Waals surface area contributed by atoms with Crippen molar-refractivity contribution in [1.29, 1.82) is 0 Å². The predicted molar refractivity (Wildman–Crippen MR) is 88.4 cm³/mol. The zero-order valence-electron chi connectivity index (χ0n) is 13.7. The quantitative estimate of drug-likeness (QED) is 0.456. The van der Waals surface area contributed by atoms with E-state index in [2.05, 4.69) is 5.32 Å². The number of amides is 1. The van der Waals surface area contributed by atoms with E-state index in [1.165, 1.54) is 19.1 Å². The highest BCUT2D eigenvalue weighted by molar-refractivity contribution is 5.92. The SMILES string of the molecule is CC(=O)[C@H](Cc1ccccc1)NC(=O)COC(=O)c1cc[n+]([O-])cc1. The molecule has 0 radical (unpaired) electrons. The monoisotopic (exact) mass is 342 g/mol. The lowest BCUT2D eigenvalue weighted by Crippen LogP contribution is -2.43. The molecule has 0 aliphatic heterocycles. The van der Waals surface area contributed by atoms with Gasteiger partial charge in [-0.25, -0.2) is 4.79 Å². The third-order valence-corrected chi connectivity index (χ3v) is 3.48. The summed E-state index contributed by atoms with van der Waals surface area (Å²) < 4.78 is 5.42. The molecule has 1 N–H and O–H groups in total. The van der Waals surface area contributed by atoms with E-state index < -0.39 is 24.5 Å². The molecule has 0 fully saturated rings. The van der Waals surface area contributed by atoms with Gasteiger partial charge in [-0.3, -0.25) is 9.59 Å². The Kier molecular flexibility index (Phi) is 6.22. The first-order chi connectivity index (χ1) is 12.0. The lowest BCUT2D eigenvalue weighted by molar-refractivity contribution is -0.605. The van der Waals surface area contributed by atoms with E-state index in [4.69, 9.17) is 4.74 Å². The molecular weight excluding hydrogens is 324 g/mol. The van der Waals surface area contributed by atoms with E-state index in [1.807, 2.05) is 30.3 Å². The summed E-state index contributed by atoms with van der Waals surface area (Å²) in [7, 11) is 0. The summed E-state index contributed by atoms with van der Waals surface area (Å²) in [5.74, 6) is -1.48. The zero-order chi connectivity index (χ0) is 18.2. The van der Waals surface area contributed by atoms with Crippen LogP contribution >= 0.6 is 0 Å². The number of hydrogen-bond donors (Lipinski definition) is 1. The van der Waals surface area contributed by atoms with Crippen LogP contribution in [-0.4, -0.2) is 30.3 Å². The summed E-state index contributed by atoms with van der Waals surface area (Å²) in [4.78, 5) is 35.5. The number of pyridine rings is 1. The number of ketones is 1. The van der Waals surface area contributed by atoms with Crippen molar-refractivity contribution in [2.24, 2.45) is 0 Å². The van der Waals surface area contributed by atoms with E-state index in [0.29, 0.717) is 11.2 Å². The van der Waals surface area contributed by atoms with Gasteiger partial charge in [0.15, 0.2) is 24.8 Å². The molecule has 0 spiro atoms. The number of carbonyl (C=O) groups is 3. The number of hydrogen-bond acceptors (Lipinski definition) is 5. The van der Waals surface area contributed by atoms with Crippen LogP contribution in [0.25, 0.3) is 0 Å². The fraction of sp³-hybridized carbons (Fsp3) is 0.222. The van der Waals surface area contributed by atoms with Gasteiger partial charge in [0.05, 0.1) is 11.6 Å². The van der Waals surface area contributed by atoms with Crippen LogP contribution in [0.5, 0.6) is 0 Å². The van der Waals surface area contributed by atoms with Gasteiger partial charge in [0.2, 0.25) is 0 Å². The van der Waals surface area contributed by atoms with E-state index in [1.54, 1.807) is 0 Å². The second kappa shape index (κ2) is 8.58. The molecule has 1 heterocycles. The van der Waals surface area contributed by atoms with Crippen LogP contribution in [0.1, 0.15) is 22.8 Å². The number of benzene rings is 1. The molecule has 130 valence electrons. The van der Waals surface area contributed by atoms with Gasteiger partial charge in [-0.05, 0) is 18.9 Å². The average molecular weight is 342 g/mol. The van der Waals surface area contributed by atoms with E-state index in [0.717, 1.165) is 18.0 Å². The molecule has 0 saturated heterocycles. The molecule has 1 atom stereocenters. The van der Waals surface area contributed by atoms with Crippen molar-refractivity contribution in [2.45, 2.75) is 19.4 Å². The Hall–Kier alpha value is -3.22. The number of nitrogens with zero attached hydrogens (tertiary/aromatic N) is 1. The number of carbonyl (C=O) groups excluding carboxylic acids is 3. The topological polar surface area (TPSA) is 99.4 Å². The summed E-state index contributed by atoms with van der Waals surface area (Å²) in [5.41, 5.74) is 1.07. The Morgan fingerprint density at radius 3 is 2.36 bits per heavy atom. The molecule has 7 nitrogen and oxygen atoms in total. The number of ether oxygens (including phenoxy) is 1. The third kappa shape index (κ3) is 5.72. The van der Waals surface area contributed by atoms with Crippen molar-refractivity contribution in [3.63, 3.8) is 0 Å². The van der Waals surface area contributed by atoms with Crippen LogP contribution in [0.15, 0.2) is 54.9 Å². The average Bonchev–Trinajstić information content (AvgIpc) is 2.60. The molecule has 0 aliphatic carbocycles. The zero-order valence-corrected chi connectivity index (χ0v) is 13.7. The fourth-order valence-corrected chi connectivity index (χ4v) is 2.15. The van der Waals surface area contributed by atoms with Crippen molar-refractivity contribution >= 4 is 17.7 Å². The molecule has 0 aliphatic rings. The summed E-state index contributed by atoms with van der Waals surface area (Å²) in [6, 6.07) is 11.2. The summed E-state index contributed by atoms with van der Waals surface area (Å²) in [6.45, 7) is 0.881. The Bertz CT molecular complexity index is 744. The third-order valence-electron chi connectivity index (χ3n) is 3.48. The van der Waals surface area contributed by atoms with Gasteiger partial charge in [-0.15, -0.1) is 0 Å². The van der Waals surface area contributed by atoms with Gasteiger partial charge in [-0.1, -0.05) is 30.3 Å². The number of esters is 1.